The molecule has 0 aliphatic rings. The highest BCUT2D eigenvalue weighted by Gasteiger charge is 2.19. The number of anilines is 1. The molecule has 1 aromatic carbocycles. The number of nitrogen functional groups attached to an aromatic ring is 1. The molecule has 0 unspecified atom stereocenters. The van der Waals surface area contributed by atoms with Crippen molar-refractivity contribution in [2.24, 2.45) is 7.05 Å². The van der Waals surface area contributed by atoms with Gasteiger partial charge >= 0.3 is 0 Å². The van der Waals surface area contributed by atoms with Crippen LogP contribution in [0.4, 0.5) is 5.82 Å². The first-order valence-electron chi connectivity index (χ1n) is 6.22. The zero-order valence-electron chi connectivity index (χ0n) is 11.2. The summed E-state index contributed by atoms with van der Waals surface area (Å²) in [6.45, 7) is 2.08. The number of halogens is 1. The first-order valence-corrected chi connectivity index (χ1v) is 7.83. The van der Waals surface area contributed by atoms with Gasteiger partial charge in [-0.2, -0.15) is 5.10 Å². The summed E-state index contributed by atoms with van der Waals surface area (Å²) in [5.41, 5.74) is 10.5. The van der Waals surface area contributed by atoms with Crippen molar-refractivity contribution < 1.29 is 0 Å². The Balaban J connectivity index is 2.24. The largest absolute Gasteiger partial charge is 0.383 e. The van der Waals surface area contributed by atoms with E-state index in [1.807, 2.05) is 25.2 Å². The van der Waals surface area contributed by atoms with Gasteiger partial charge in [0.1, 0.15) is 11.5 Å². The van der Waals surface area contributed by atoms with E-state index in [9.17, 15) is 0 Å². The zero-order valence-corrected chi connectivity index (χ0v) is 13.6. The van der Waals surface area contributed by atoms with Gasteiger partial charge in [0.25, 0.3) is 0 Å². The number of nitrogens with two attached hydrogens (primary N) is 1. The maximum absolute atomic E-state index is 6.21. The molecule has 0 fully saturated rings. The van der Waals surface area contributed by atoms with E-state index in [0.29, 0.717) is 5.82 Å². The summed E-state index contributed by atoms with van der Waals surface area (Å²) in [5, 5.41) is 4.59. The number of aromatic nitrogens is 2. The minimum atomic E-state index is 0.688. The molecule has 3 rings (SSSR count). The van der Waals surface area contributed by atoms with Crippen LogP contribution in [-0.4, -0.2) is 9.78 Å². The molecule has 0 radical (unpaired) electrons. The Hall–Kier alpha value is -1.59. The summed E-state index contributed by atoms with van der Waals surface area (Å²) < 4.78 is 2.87. The number of aryl methyl sites for hydroxylation is 2. The molecule has 20 heavy (non-hydrogen) atoms. The lowest BCUT2D eigenvalue weighted by Gasteiger charge is -2.02. The molecular weight excluding hydrogens is 334 g/mol. The Labute approximate surface area is 130 Å². The Kier molecular flexibility index (Phi) is 3.40. The van der Waals surface area contributed by atoms with Crippen LogP contribution in [0.2, 0.25) is 0 Å². The molecule has 0 spiro atoms. The van der Waals surface area contributed by atoms with Crippen molar-refractivity contribution in [2.75, 3.05) is 5.73 Å². The van der Waals surface area contributed by atoms with Crippen molar-refractivity contribution in [1.29, 1.82) is 0 Å². The maximum atomic E-state index is 6.21. The van der Waals surface area contributed by atoms with E-state index >= 15 is 0 Å². The van der Waals surface area contributed by atoms with Crippen molar-refractivity contribution in [1.82, 2.24) is 9.78 Å². The first kappa shape index (κ1) is 13.4. The molecule has 0 amide bonds. The van der Waals surface area contributed by atoms with Crippen LogP contribution in [0.15, 0.2) is 40.2 Å². The van der Waals surface area contributed by atoms with E-state index in [1.165, 1.54) is 5.56 Å². The van der Waals surface area contributed by atoms with Crippen molar-refractivity contribution in [3.8, 4) is 21.7 Å². The fourth-order valence-corrected chi connectivity index (χ4v) is 3.70. The number of rotatable bonds is 2. The summed E-state index contributed by atoms with van der Waals surface area (Å²) in [6, 6.07) is 12.3. The minimum Gasteiger partial charge on any atom is -0.383 e. The molecule has 0 bridgehead atoms. The number of hydrogen-bond acceptors (Lipinski definition) is 3. The minimum absolute atomic E-state index is 0.688. The second kappa shape index (κ2) is 5.07. The van der Waals surface area contributed by atoms with Gasteiger partial charge in [-0.1, -0.05) is 30.3 Å². The molecule has 0 aliphatic heterocycles. The van der Waals surface area contributed by atoms with Gasteiger partial charge in [0.15, 0.2) is 0 Å². The fraction of sp³-hybridized carbons (Fsp3) is 0.133. The van der Waals surface area contributed by atoms with Gasteiger partial charge in [-0.05, 0) is 40.0 Å². The molecule has 5 heteroatoms. The van der Waals surface area contributed by atoms with Gasteiger partial charge in [0.05, 0.1) is 14.2 Å². The third kappa shape index (κ3) is 2.17. The summed E-state index contributed by atoms with van der Waals surface area (Å²) in [7, 11) is 1.88. The van der Waals surface area contributed by atoms with E-state index in [0.717, 1.165) is 25.5 Å². The third-order valence-corrected chi connectivity index (χ3v) is 5.39. The number of nitrogens with zero attached hydrogens (tertiary/aromatic N) is 2. The van der Waals surface area contributed by atoms with Crippen LogP contribution in [0.3, 0.4) is 0 Å². The van der Waals surface area contributed by atoms with Crippen LogP contribution in [0.1, 0.15) is 5.56 Å². The van der Waals surface area contributed by atoms with Crippen LogP contribution < -0.4 is 5.73 Å². The highest BCUT2D eigenvalue weighted by molar-refractivity contribution is 9.11. The summed E-state index contributed by atoms with van der Waals surface area (Å²) >= 11 is 5.26. The topological polar surface area (TPSA) is 43.8 Å². The van der Waals surface area contributed by atoms with Gasteiger partial charge < -0.3 is 5.73 Å². The predicted octanol–water partition coefficient (Wildman–Crippen LogP) is 4.47. The van der Waals surface area contributed by atoms with Crippen LogP contribution >= 0.6 is 27.3 Å². The van der Waals surface area contributed by atoms with Gasteiger partial charge in [0.2, 0.25) is 0 Å². The first-order chi connectivity index (χ1) is 9.58. The van der Waals surface area contributed by atoms with Gasteiger partial charge in [-0.25, -0.2) is 0 Å². The van der Waals surface area contributed by atoms with Gasteiger partial charge in [-0.15, -0.1) is 11.3 Å². The van der Waals surface area contributed by atoms with Crippen molar-refractivity contribution in [3.63, 3.8) is 0 Å². The zero-order chi connectivity index (χ0) is 14.3. The van der Waals surface area contributed by atoms with Crippen molar-refractivity contribution >= 4 is 33.1 Å². The Morgan fingerprint density at radius 2 is 1.95 bits per heavy atom. The monoisotopic (exact) mass is 347 g/mol. The maximum Gasteiger partial charge on any atom is 0.129 e. The summed E-state index contributed by atoms with van der Waals surface area (Å²) in [6.07, 6.45) is 0. The molecule has 102 valence electrons. The lowest BCUT2D eigenvalue weighted by atomic mass is 10.0. The van der Waals surface area contributed by atoms with Gasteiger partial charge in [-0.3, -0.25) is 4.68 Å². The Morgan fingerprint density at radius 3 is 2.55 bits per heavy atom. The van der Waals surface area contributed by atoms with Crippen LogP contribution in [0, 0.1) is 6.92 Å². The number of thiophene rings is 1. The SMILES string of the molecule is Cc1cc(-c2nn(C)c(N)c2-c2ccccc2)sc1Br. The average molecular weight is 348 g/mol. The molecule has 0 aliphatic carbocycles. The van der Waals surface area contributed by atoms with Crippen molar-refractivity contribution in [2.45, 2.75) is 6.92 Å². The molecule has 2 heterocycles. The molecule has 3 nitrogen and oxygen atoms in total. The van der Waals surface area contributed by atoms with E-state index in [-0.39, 0.29) is 0 Å². The summed E-state index contributed by atoms with van der Waals surface area (Å²) in [5.74, 6) is 0.688. The second-order valence-electron chi connectivity index (χ2n) is 4.67. The highest BCUT2D eigenvalue weighted by Crippen LogP contribution is 2.41. The molecule has 0 atom stereocenters. The smallest absolute Gasteiger partial charge is 0.129 e. The molecule has 0 saturated heterocycles. The molecule has 2 aromatic heterocycles. The highest BCUT2D eigenvalue weighted by atomic mass is 79.9. The van der Waals surface area contributed by atoms with Crippen LogP contribution in [-0.2, 0) is 7.05 Å². The number of hydrogen-bond donors (Lipinski definition) is 1. The molecular formula is C15H14BrN3S. The lowest BCUT2D eigenvalue weighted by molar-refractivity contribution is 0.783. The third-order valence-electron chi connectivity index (χ3n) is 3.24. The molecule has 3 aromatic rings. The lowest BCUT2D eigenvalue weighted by Crippen LogP contribution is -1.97. The van der Waals surface area contributed by atoms with Crippen LogP contribution in [0.5, 0.6) is 0 Å². The summed E-state index contributed by atoms with van der Waals surface area (Å²) in [4.78, 5) is 1.13. The Morgan fingerprint density at radius 1 is 1.25 bits per heavy atom. The number of benzene rings is 1. The second-order valence-corrected chi connectivity index (χ2v) is 7.04. The quantitative estimate of drug-likeness (QED) is 0.743. The van der Waals surface area contributed by atoms with Crippen LogP contribution in [0.25, 0.3) is 21.7 Å². The van der Waals surface area contributed by atoms with E-state index in [2.05, 4.69) is 46.2 Å². The van der Waals surface area contributed by atoms with Crippen molar-refractivity contribution in [3.05, 3.63) is 45.7 Å². The van der Waals surface area contributed by atoms with Gasteiger partial charge in [0, 0.05) is 7.05 Å². The molecule has 2 N–H and O–H groups in total. The molecule has 0 saturated carbocycles. The Bertz CT molecular complexity index is 740. The van der Waals surface area contributed by atoms with E-state index in [1.54, 1.807) is 16.0 Å². The predicted molar refractivity (Wildman–Crippen MR) is 88.8 cm³/mol. The average Bonchev–Trinajstić information content (AvgIpc) is 2.93. The standard InChI is InChI=1S/C15H14BrN3S/c1-9-8-11(20-14(9)16)13-12(15(17)19(2)18-13)10-6-4-3-5-7-10/h3-8H,17H2,1-2H3. The van der Waals surface area contributed by atoms with E-state index < -0.39 is 0 Å². The fourth-order valence-electron chi connectivity index (χ4n) is 2.18. The van der Waals surface area contributed by atoms with E-state index in [4.69, 9.17) is 5.73 Å². The normalized spacial score (nSPS) is 10.9.